The van der Waals surface area contributed by atoms with Gasteiger partial charge in [-0.3, -0.25) is 9.59 Å². The van der Waals surface area contributed by atoms with Crippen molar-refractivity contribution < 1.29 is 24.5 Å². The van der Waals surface area contributed by atoms with Crippen LogP contribution in [0.2, 0.25) is 0 Å². The van der Waals surface area contributed by atoms with Gasteiger partial charge in [0.2, 0.25) is 0 Å². The molecule has 2 aliphatic heterocycles. The van der Waals surface area contributed by atoms with Crippen LogP contribution in [0.5, 0.6) is 5.75 Å². The number of nitrogens with zero attached hydrogens (tertiary/aromatic N) is 2. The summed E-state index contributed by atoms with van der Waals surface area (Å²) in [6.07, 6.45) is 3.56. The molecule has 9 nitrogen and oxygen atoms in total. The number of hydrogen-bond donors (Lipinski definition) is 4. The van der Waals surface area contributed by atoms with E-state index in [1.165, 1.54) is 6.42 Å². The summed E-state index contributed by atoms with van der Waals surface area (Å²) in [6, 6.07) is 12.1. The van der Waals surface area contributed by atoms with Gasteiger partial charge in [0.05, 0.1) is 12.3 Å². The number of benzene rings is 2. The molecule has 1 aliphatic carbocycles. The topological polar surface area (TPSA) is 123 Å². The zero-order chi connectivity index (χ0) is 23.5. The lowest BCUT2D eigenvalue weighted by Crippen LogP contribution is -2.55. The normalized spacial score (nSPS) is 18.9. The smallest absolute Gasteiger partial charge is 0.300 e. The molecule has 0 spiro atoms. The van der Waals surface area contributed by atoms with Crippen LogP contribution in [-0.4, -0.2) is 46.6 Å². The number of aliphatic hydroxyl groups excluding tert-OH is 1. The Morgan fingerprint density at radius 2 is 1.97 bits per heavy atom. The van der Waals surface area contributed by atoms with Crippen LogP contribution in [0, 0.1) is 0 Å². The van der Waals surface area contributed by atoms with E-state index in [4.69, 9.17) is 14.6 Å². The summed E-state index contributed by atoms with van der Waals surface area (Å²) in [5.41, 5.74) is 7.43. The molecule has 4 N–H and O–H groups in total. The molecule has 33 heavy (non-hydrogen) atoms. The average molecular weight is 453 g/mol. The summed E-state index contributed by atoms with van der Waals surface area (Å²) in [5.74, 6) is 0.490. The first kappa shape index (κ1) is 22.6. The number of amidine groups is 1. The maximum Gasteiger partial charge on any atom is 0.300 e. The fourth-order valence-corrected chi connectivity index (χ4v) is 3.99. The van der Waals surface area contributed by atoms with Crippen LogP contribution in [0.3, 0.4) is 0 Å². The molecule has 1 atom stereocenters. The zero-order valence-electron chi connectivity index (χ0n) is 18.7. The molecule has 174 valence electrons. The van der Waals surface area contributed by atoms with Crippen molar-refractivity contribution in [2.45, 2.75) is 51.8 Å². The van der Waals surface area contributed by atoms with Gasteiger partial charge in [0, 0.05) is 24.2 Å². The Morgan fingerprint density at radius 3 is 2.58 bits per heavy atom. The lowest BCUT2D eigenvalue weighted by molar-refractivity contribution is -0.134. The standard InChI is InChI=1S/C22H24N4O3.C2H4O2/c1-13-22(28)25-24-21-12-29-20-9-17(15-7-5-14(11-27)6-8-15)18(10-19(20)26(13)21)23-16-3-2-4-16;1-2(3)4/h5-10,13,16,23,27H,2-4,11-12H2,1H3,(H,25,28);1H3,(H,3,4). The van der Waals surface area contributed by atoms with Crippen LogP contribution in [0.4, 0.5) is 11.4 Å². The summed E-state index contributed by atoms with van der Waals surface area (Å²) in [7, 11) is 0. The van der Waals surface area contributed by atoms with E-state index < -0.39 is 5.97 Å². The predicted molar refractivity (Wildman–Crippen MR) is 125 cm³/mol. The highest BCUT2D eigenvalue weighted by Crippen LogP contribution is 2.43. The second-order valence-electron chi connectivity index (χ2n) is 8.35. The quantitative estimate of drug-likeness (QED) is 0.562. The fraction of sp³-hybridized carbons (Fsp3) is 0.375. The van der Waals surface area contributed by atoms with Crippen molar-refractivity contribution in [3.63, 3.8) is 0 Å². The summed E-state index contributed by atoms with van der Waals surface area (Å²) in [6.45, 7) is 3.30. The summed E-state index contributed by atoms with van der Waals surface area (Å²) in [5, 5.41) is 24.6. The highest BCUT2D eigenvalue weighted by atomic mass is 16.5. The van der Waals surface area contributed by atoms with Crippen molar-refractivity contribution in [3.8, 4) is 16.9 Å². The third-order valence-electron chi connectivity index (χ3n) is 5.97. The molecule has 0 radical (unpaired) electrons. The first-order chi connectivity index (χ1) is 15.9. The number of carbonyl (C=O) groups excluding carboxylic acids is 1. The molecule has 0 aromatic heterocycles. The van der Waals surface area contributed by atoms with Gasteiger partial charge in [0.15, 0.2) is 5.84 Å². The van der Waals surface area contributed by atoms with Crippen LogP contribution in [0.25, 0.3) is 11.1 Å². The number of nitrogens with one attached hydrogen (secondary N) is 2. The Bertz CT molecular complexity index is 1080. The van der Waals surface area contributed by atoms with E-state index in [0.29, 0.717) is 18.5 Å². The highest BCUT2D eigenvalue weighted by molar-refractivity contribution is 6.10. The van der Waals surface area contributed by atoms with Crippen molar-refractivity contribution in [1.29, 1.82) is 0 Å². The summed E-state index contributed by atoms with van der Waals surface area (Å²) in [4.78, 5) is 23.1. The molecule has 2 aromatic rings. The number of aliphatic hydroxyl groups is 1. The Morgan fingerprint density at radius 1 is 1.27 bits per heavy atom. The van der Waals surface area contributed by atoms with E-state index in [1.807, 2.05) is 42.2 Å². The van der Waals surface area contributed by atoms with Crippen LogP contribution in [0.15, 0.2) is 41.5 Å². The number of aliphatic carboxylic acids is 1. The van der Waals surface area contributed by atoms with Gasteiger partial charge in [0.1, 0.15) is 18.4 Å². The van der Waals surface area contributed by atoms with Crippen molar-refractivity contribution >= 4 is 29.1 Å². The molecule has 0 saturated heterocycles. The van der Waals surface area contributed by atoms with Crippen molar-refractivity contribution in [1.82, 2.24) is 5.43 Å². The average Bonchev–Trinajstić information content (AvgIpc) is 2.77. The van der Waals surface area contributed by atoms with Gasteiger partial charge in [-0.25, -0.2) is 5.43 Å². The maximum atomic E-state index is 12.2. The zero-order valence-corrected chi connectivity index (χ0v) is 18.7. The number of carboxylic acids is 1. The second-order valence-corrected chi connectivity index (χ2v) is 8.35. The predicted octanol–water partition coefficient (Wildman–Crippen LogP) is 2.93. The molecular weight excluding hydrogens is 424 g/mol. The van der Waals surface area contributed by atoms with Crippen molar-refractivity contribution in [2.24, 2.45) is 5.10 Å². The molecule has 9 heteroatoms. The van der Waals surface area contributed by atoms with E-state index >= 15 is 0 Å². The molecule has 2 heterocycles. The number of rotatable bonds is 4. The van der Waals surface area contributed by atoms with Gasteiger partial charge in [-0.1, -0.05) is 24.3 Å². The third kappa shape index (κ3) is 4.78. The second kappa shape index (κ2) is 9.50. The van der Waals surface area contributed by atoms with Crippen molar-refractivity contribution in [3.05, 3.63) is 42.0 Å². The van der Waals surface area contributed by atoms with E-state index in [2.05, 4.69) is 21.9 Å². The molecule has 0 bridgehead atoms. The van der Waals surface area contributed by atoms with Crippen LogP contribution in [-0.2, 0) is 16.2 Å². The van der Waals surface area contributed by atoms with Gasteiger partial charge in [-0.2, -0.15) is 5.10 Å². The molecule has 1 amide bonds. The van der Waals surface area contributed by atoms with Crippen LogP contribution >= 0.6 is 0 Å². The van der Waals surface area contributed by atoms with Gasteiger partial charge in [0.25, 0.3) is 11.9 Å². The Balaban J connectivity index is 0.000000601. The lowest BCUT2D eigenvalue weighted by atomic mass is 9.91. The first-order valence-corrected chi connectivity index (χ1v) is 11.0. The molecule has 2 aromatic carbocycles. The molecule has 3 aliphatic rings. The lowest BCUT2D eigenvalue weighted by Gasteiger charge is -2.39. The number of amides is 1. The van der Waals surface area contributed by atoms with Gasteiger partial charge in [-0.05, 0) is 49.4 Å². The van der Waals surface area contributed by atoms with E-state index in [0.717, 1.165) is 53.6 Å². The Hall–Kier alpha value is -3.59. The maximum absolute atomic E-state index is 12.2. The highest BCUT2D eigenvalue weighted by Gasteiger charge is 2.36. The minimum atomic E-state index is -0.833. The number of ether oxygens (including phenoxy) is 1. The van der Waals surface area contributed by atoms with E-state index in [9.17, 15) is 9.90 Å². The first-order valence-electron chi connectivity index (χ1n) is 11.0. The largest absolute Gasteiger partial charge is 0.483 e. The number of anilines is 2. The number of hydrazone groups is 1. The van der Waals surface area contributed by atoms with Gasteiger partial charge >= 0.3 is 0 Å². The summed E-state index contributed by atoms with van der Waals surface area (Å²) >= 11 is 0. The minimum Gasteiger partial charge on any atom is -0.483 e. The SMILES string of the molecule is CC(=O)O.CC1C(=O)NN=C2COc3cc(-c4ccc(CO)cc4)c(NC4CCC4)cc3N21. The van der Waals surface area contributed by atoms with E-state index in [-0.39, 0.29) is 18.6 Å². The molecular formula is C24H28N4O5. The Kier molecular flexibility index (Phi) is 6.50. The van der Waals surface area contributed by atoms with Gasteiger partial charge < -0.3 is 25.2 Å². The fourth-order valence-electron chi connectivity index (χ4n) is 3.99. The molecule has 1 fully saturated rings. The number of carboxylic acid groups (broad SMARTS) is 1. The van der Waals surface area contributed by atoms with E-state index in [1.54, 1.807) is 0 Å². The molecule has 5 rings (SSSR count). The number of carbonyl (C=O) groups is 2. The molecule has 1 saturated carbocycles. The number of fused-ring (bicyclic) bond motifs is 3. The minimum absolute atomic E-state index is 0.0256. The number of hydrogen-bond acceptors (Lipinski definition) is 7. The van der Waals surface area contributed by atoms with Crippen LogP contribution < -0.4 is 20.4 Å². The van der Waals surface area contributed by atoms with Crippen molar-refractivity contribution in [2.75, 3.05) is 16.8 Å². The monoisotopic (exact) mass is 452 g/mol. The van der Waals surface area contributed by atoms with Crippen LogP contribution in [0.1, 0.15) is 38.7 Å². The Labute approximate surface area is 192 Å². The molecule has 1 unspecified atom stereocenters. The van der Waals surface area contributed by atoms with Gasteiger partial charge in [-0.15, -0.1) is 0 Å². The summed E-state index contributed by atoms with van der Waals surface area (Å²) < 4.78 is 5.99. The third-order valence-corrected chi connectivity index (χ3v) is 5.97.